The Hall–Kier alpha value is -1.67. The van der Waals surface area contributed by atoms with Gasteiger partial charge in [-0.3, -0.25) is 4.98 Å². The van der Waals surface area contributed by atoms with Crippen LogP contribution in [0.5, 0.6) is 0 Å². The normalized spacial score (nSPS) is 17.1. The molecule has 2 nitrogen and oxygen atoms in total. The van der Waals surface area contributed by atoms with Gasteiger partial charge >= 0.3 is 0 Å². The highest BCUT2D eigenvalue weighted by Crippen LogP contribution is 2.33. The van der Waals surface area contributed by atoms with E-state index in [4.69, 9.17) is 0 Å². The van der Waals surface area contributed by atoms with Gasteiger partial charge in [0, 0.05) is 24.7 Å². The molecule has 1 heterocycles. The summed E-state index contributed by atoms with van der Waals surface area (Å²) in [5.74, 6) is 0.686. The molecule has 0 saturated heterocycles. The predicted octanol–water partition coefficient (Wildman–Crippen LogP) is 2.82. The molecule has 0 saturated carbocycles. The van der Waals surface area contributed by atoms with Crippen molar-refractivity contribution in [1.82, 2.24) is 10.3 Å². The maximum absolute atomic E-state index is 4.50. The number of aryl methyl sites for hydroxylation is 1. The topological polar surface area (TPSA) is 24.9 Å². The van der Waals surface area contributed by atoms with Crippen molar-refractivity contribution in [1.29, 1.82) is 0 Å². The van der Waals surface area contributed by atoms with E-state index >= 15 is 0 Å². The summed E-state index contributed by atoms with van der Waals surface area (Å²) in [6.07, 6.45) is 1.21. The quantitative estimate of drug-likeness (QED) is 0.886. The molecule has 0 radical (unpaired) electrons. The molecule has 2 aromatic rings. The second-order valence-corrected chi connectivity index (χ2v) is 5.00. The number of nitrogens with one attached hydrogen (secondary N) is 1. The van der Waals surface area contributed by atoms with Crippen LogP contribution in [0.4, 0.5) is 0 Å². The number of nitrogens with zero attached hydrogens (tertiary/aromatic N) is 1. The Morgan fingerprint density at radius 2 is 2.06 bits per heavy atom. The molecule has 0 bridgehead atoms. The fourth-order valence-corrected chi connectivity index (χ4v) is 2.62. The molecule has 18 heavy (non-hydrogen) atoms. The molecule has 1 atom stereocenters. The number of pyridine rings is 1. The van der Waals surface area contributed by atoms with Gasteiger partial charge in [0.05, 0.1) is 5.69 Å². The fourth-order valence-electron chi connectivity index (χ4n) is 2.62. The Kier molecular flexibility index (Phi) is 3.11. The SMILES string of the molecule is Cc1cccc(CNCC2Cc3ccccc32)n1. The molecule has 1 aliphatic carbocycles. The molecular weight excluding hydrogens is 220 g/mol. The van der Waals surface area contributed by atoms with Crippen molar-refractivity contribution >= 4 is 0 Å². The van der Waals surface area contributed by atoms with Crippen molar-refractivity contribution in [2.75, 3.05) is 6.54 Å². The largest absolute Gasteiger partial charge is 0.311 e. The molecule has 0 fully saturated rings. The average Bonchev–Trinajstić information content (AvgIpc) is 2.35. The summed E-state index contributed by atoms with van der Waals surface area (Å²) >= 11 is 0. The second kappa shape index (κ2) is 4.91. The Balaban J connectivity index is 1.52. The molecule has 1 aliphatic rings. The number of aromatic nitrogens is 1. The van der Waals surface area contributed by atoms with E-state index in [0.29, 0.717) is 5.92 Å². The molecule has 92 valence electrons. The van der Waals surface area contributed by atoms with Gasteiger partial charge in [0.1, 0.15) is 0 Å². The molecule has 0 aliphatic heterocycles. The smallest absolute Gasteiger partial charge is 0.0544 e. The van der Waals surface area contributed by atoms with Crippen LogP contribution in [0.3, 0.4) is 0 Å². The van der Waals surface area contributed by atoms with Crippen LogP contribution >= 0.6 is 0 Å². The van der Waals surface area contributed by atoms with Gasteiger partial charge in [0.2, 0.25) is 0 Å². The molecule has 1 aromatic heterocycles. The van der Waals surface area contributed by atoms with E-state index in [1.54, 1.807) is 0 Å². The van der Waals surface area contributed by atoms with E-state index in [1.165, 1.54) is 17.5 Å². The molecule has 1 aromatic carbocycles. The number of hydrogen-bond donors (Lipinski definition) is 1. The molecular formula is C16H18N2. The highest BCUT2D eigenvalue weighted by Gasteiger charge is 2.24. The maximum atomic E-state index is 4.50. The first-order valence-corrected chi connectivity index (χ1v) is 6.54. The lowest BCUT2D eigenvalue weighted by Crippen LogP contribution is -2.29. The van der Waals surface area contributed by atoms with Gasteiger partial charge in [-0.1, -0.05) is 30.3 Å². The highest BCUT2D eigenvalue weighted by atomic mass is 14.9. The Morgan fingerprint density at radius 3 is 2.89 bits per heavy atom. The first kappa shape index (κ1) is 11.4. The van der Waals surface area contributed by atoms with E-state index in [-0.39, 0.29) is 0 Å². The first-order chi connectivity index (χ1) is 8.83. The summed E-state index contributed by atoms with van der Waals surface area (Å²) in [5, 5.41) is 3.51. The number of benzene rings is 1. The van der Waals surface area contributed by atoms with Crippen LogP contribution in [0.15, 0.2) is 42.5 Å². The van der Waals surface area contributed by atoms with Crippen molar-refractivity contribution in [3.63, 3.8) is 0 Å². The lowest BCUT2D eigenvalue weighted by atomic mass is 9.77. The standard InChI is InChI=1S/C16H18N2/c1-12-5-4-7-15(18-12)11-17-10-14-9-13-6-2-3-8-16(13)14/h2-8,14,17H,9-11H2,1H3. The molecule has 0 spiro atoms. The van der Waals surface area contributed by atoms with Crippen LogP contribution < -0.4 is 5.32 Å². The minimum absolute atomic E-state index is 0.686. The van der Waals surface area contributed by atoms with E-state index in [0.717, 1.165) is 24.5 Å². The zero-order chi connectivity index (χ0) is 12.4. The van der Waals surface area contributed by atoms with E-state index in [2.05, 4.69) is 46.7 Å². The molecule has 3 rings (SSSR count). The van der Waals surface area contributed by atoms with Crippen LogP contribution in [0.2, 0.25) is 0 Å². The van der Waals surface area contributed by atoms with E-state index in [9.17, 15) is 0 Å². The van der Waals surface area contributed by atoms with E-state index in [1.807, 2.05) is 13.0 Å². The van der Waals surface area contributed by atoms with Gasteiger partial charge in [-0.25, -0.2) is 0 Å². The fraction of sp³-hybridized carbons (Fsp3) is 0.312. The summed E-state index contributed by atoms with van der Waals surface area (Å²) in [7, 11) is 0. The van der Waals surface area contributed by atoms with Gasteiger partial charge in [-0.2, -0.15) is 0 Å². The first-order valence-electron chi connectivity index (χ1n) is 6.54. The maximum Gasteiger partial charge on any atom is 0.0544 e. The third kappa shape index (κ3) is 2.29. The summed E-state index contributed by atoms with van der Waals surface area (Å²) in [6, 6.07) is 14.9. The van der Waals surface area contributed by atoms with Crippen LogP contribution in [-0.2, 0) is 13.0 Å². The van der Waals surface area contributed by atoms with Crippen LogP contribution in [-0.4, -0.2) is 11.5 Å². The van der Waals surface area contributed by atoms with Crippen molar-refractivity contribution in [2.45, 2.75) is 25.8 Å². The summed E-state index contributed by atoms with van der Waals surface area (Å²) in [4.78, 5) is 4.50. The monoisotopic (exact) mass is 238 g/mol. The van der Waals surface area contributed by atoms with Gasteiger partial charge in [0.25, 0.3) is 0 Å². The van der Waals surface area contributed by atoms with Gasteiger partial charge in [0.15, 0.2) is 0 Å². The van der Waals surface area contributed by atoms with Crippen LogP contribution in [0.25, 0.3) is 0 Å². The summed E-state index contributed by atoms with van der Waals surface area (Å²) in [6.45, 7) is 3.94. The number of fused-ring (bicyclic) bond motifs is 1. The molecule has 1 unspecified atom stereocenters. The molecule has 1 N–H and O–H groups in total. The van der Waals surface area contributed by atoms with Crippen molar-refractivity contribution in [3.05, 3.63) is 65.0 Å². The molecule has 2 heteroatoms. The van der Waals surface area contributed by atoms with Crippen LogP contribution in [0.1, 0.15) is 28.4 Å². The van der Waals surface area contributed by atoms with Crippen molar-refractivity contribution < 1.29 is 0 Å². The second-order valence-electron chi connectivity index (χ2n) is 5.00. The number of hydrogen-bond acceptors (Lipinski definition) is 2. The average molecular weight is 238 g/mol. The minimum Gasteiger partial charge on any atom is -0.311 e. The zero-order valence-electron chi connectivity index (χ0n) is 10.7. The minimum atomic E-state index is 0.686. The lowest BCUT2D eigenvalue weighted by Gasteiger charge is -2.30. The zero-order valence-corrected chi connectivity index (χ0v) is 10.7. The Labute approximate surface area is 108 Å². The van der Waals surface area contributed by atoms with Crippen molar-refractivity contribution in [3.8, 4) is 0 Å². The Morgan fingerprint density at radius 1 is 1.17 bits per heavy atom. The van der Waals surface area contributed by atoms with Gasteiger partial charge in [-0.15, -0.1) is 0 Å². The highest BCUT2D eigenvalue weighted by molar-refractivity contribution is 5.40. The lowest BCUT2D eigenvalue weighted by molar-refractivity contribution is 0.532. The number of rotatable bonds is 4. The Bertz CT molecular complexity index is 548. The predicted molar refractivity (Wildman–Crippen MR) is 73.6 cm³/mol. The molecule has 0 amide bonds. The summed E-state index contributed by atoms with van der Waals surface area (Å²) in [5.41, 5.74) is 5.24. The third-order valence-corrected chi connectivity index (χ3v) is 3.60. The van der Waals surface area contributed by atoms with Crippen molar-refractivity contribution in [2.24, 2.45) is 0 Å². The van der Waals surface area contributed by atoms with Crippen LogP contribution in [0, 0.1) is 6.92 Å². The van der Waals surface area contributed by atoms with Gasteiger partial charge < -0.3 is 5.32 Å². The summed E-state index contributed by atoms with van der Waals surface area (Å²) < 4.78 is 0. The van der Waals surface area contributed by atoms with Gasteiger partial charge in [-0.05, 0) is 36.6 Å². The third-order valence-electron chi connectivity index (χ3n) is 3.60. The van der Waals surface area contributed by atoms with E-state index < -0.39 is 0 Å².